The molecule has 0 spiro atoms. The molecule has 0 saturated carbocycles. The van der Waals surface area contributed by atoms with Crippen molar-refractivity contribution in [2.45, 2.75) is 48.9 Å². The highest BCUT2D eigenvalue weighted by Gasteiger charge is 2.40. The maximum atomic E-state index is 13.8. The number of nitrogens with zero attached hydrogens (tertiary/aromatic N) is 4. The number of amides is 1. The molecule has 2 atom stereocenters. The molecule has 7 nitrogen and oxygen atoms in total. The molecule has 4 heterocycles. The predicted octanol–water partition coefficient (Wildman–Crippen LogP) is 4.17. The molecule has 1 saturated heterocycles. The van der Waals surface area contributed by atoms with Crippen molar-refractivity contribution in [1.82, 2.24) is 14.5 Å². The molecule has 192 valence electrons. The third-order valence-electron chi connectivity index (χ3n) is 7.84. The van der Waals surface area contributed by atoms with Gasteiger partial charge in [-0.3, -0.25) is 19.3 Å². The van der Waals surface area contributed by atoms with Crippen LogP contribution in [-0.4, -0.2) is 57.8 Å². The van der Waals surface area contributed by atoms with Crippen LogP contribution >= 0.6 is 11.8 Å². The lowest BCUT2D eigenvalue weighted by molar-refractivity contribution is 0.0544. The summed E-state index contributed by atoms with van der Waals surface area (Å²) < 4.78 is 1.71. The van der Waals surface area contributed by atoms with Crippen LogP contribution in [0, 0.1) is 0 Å². The predicted molar refractivity (Wildman–Crippen MR) is 146 cm³/mol. The van der Waals surface area contributed by atoms with Crippen LogP contribution in [0.3, 0.4) is 0 Å². The minimum atomic E-state index is -0.540. The van der Waals surface area contributed by atoms with E-state index in [2.05, 4.69) is 65.4 Å². The Kier molecular flexibility index (Phi) is 6.46. The van der Waals surface area contributed by atoms with Crippen molar-refractivity contribution in [3.05, 3.63) is 93.4 Å². The molecular weight excluding hydrogens is 484 g/mol. The molecule has 37 heavy (non-hydrogen) atoms. The van der Waals surface area contributed by atoms with Crippen LogP contribution in [-0.2, 0) is 5.75 Å². The number of hydrogen-bond donors (Lipinski definition) is 1. The largest absolute Gasteiger partial charge is 0.502 e. The van der Waals surface area contributed by atoms with Gasteiger partial charge in [0.1, 0.15) is 6.67 Å². The molecule has 3 aliphatic rings. The lowest BCUT2D eigenvalue weighted by atomic mass is 9.94. The van der Waals surface area contributed by atoms with Crippen molar-refractivity contribution in [1.29, 1.82) is 0 Å². The summed E-state index contributed by atoms with van der Waals surface area (Å²) in [4.78, 5) is 31.8. The van der Waals surface area contributed by atoms with Crippen LogP contribution in [0.15, 0.2) is 70.5 Å². The molecule has 1 fully saturated rings. The number of carbonyl (C=O) groups excluding carboxylic acids is 1. The smallest absolute Gasteiger partial charge is 0.278 e. The fourth-order valence-electron chi connectivity index (χ4n) is 5.93. The lowest BCUT2D eigenvalue weighted by Crippen LogP contribution is -2.59. The Morgan fingerprint density at radius 1 is 0.973 bits per heavy atom. The summed E-state index contributed by atoms with van der Waals surface area (Å²) in [6.45, 7) is 5.27. The highest BCUT2D eigenvalue weighted by Crippen LogP contribution is 2.43. The van der Waals surface area contributed by atoms with Crippen molar-refractivity contribution < 1.29 is 9.90 Å². The summed E-state index contributed by atoms with van der Waals surface area (Å²) in [5, 5.41) is 13.0. The quantitative estimate of drug-likeness (QED) is 0.561. The Morgan fingerprint density at radius 3 is 2.51 bits per heavy atom. The van der Waals surface area contributed by atoms with Gasteiger partial charge in [-0.2, -0.15) is 0 Å². The SMILES string of the molecule is CC(CN1CCCCC1)N1CN(C2c3ccccc3CSc3ccccc32)n2ccc(=O)c(O)c2C1=O. The van der Waals surface area contributed by atoms with E-state index in [1.165, 1.54) is 41.4 Å². The minimum absolute atomic E-state index is 0.0381. The first-order valence-electron chi connectivity index (χ1n) is 13.1. The van der Waals surface area contributed by atoms with Crippen molar-refractivity contribution in [3.8, 4) is 5.75 Å². The van der Waals surface area contributed by atoms with Gasteiger partial charge < -0.3 is 14.9 Å². The number of fused-ring (bicyclic) bond motifs is 3. The first kappa shape index (κ1) is 24.1. The molecule has 3 aliphatic heterocycles. The first-order chi connectivity index (χ1) is 18.0. The normalized spacial score (nSPS) is 20.6. The summed E-state index contributed by atoms with van der Waals surface area (Å²) in [6, 6.07) is 17.9. The molecule has 0 bridgehead atoms. The molecule has 0 radical (unpaired) electrons. The van der Waals surface area contributed by atoms with E-state index in [-0.39, 0.29) is 23.7 Å². The van der Waals surface area contributed by atoms with Crippen LogP contribution in [0.25, 0.3) is 0 Å². The number of carbonyl (C=O) groups is 1. The zero-order valence-electron chi connectivity index (χ0n) is 21.0. The van der Waals surface area contributed by atoms with E-state index in [9.17, 15) is 14.7 Å². The maximum Gasteiger partial charge on any atom is 0.278 e. The van der Waals surface area contributed by atoms with E-state index in [1.807, 2.05) is 16.7 Å². The summed E-state index contributed by atoms with van der Waals surface area (Å²) in [5.74, 6) is 0.0610. The second-order valence-electron chi connectivity index (χ2n) is 10.2. The fourth-order valence-corrected chi connectivity index (χ4v) is 7.02. The molecule has 6 rings (SSSR count). The molecular formula is C29H32N4O3S. The first-order valence-corrected chi connectivity index (χ1v) is 14.1. The summed E-state index contributed by atoms with van der Waals surface area (Å²) in [5.41, 5.74) is 3.06. The second kappa shape index (κ2) is 9.91. The van der Waals surface area contributed by atoms with Crippen LogP contribution in [0.1, 0.15) is 59.4 Å². The number of rotatable bonds is 4. The van der Waals surface area contributed by atoms with Gasteiger partial charge in [0.2, 0.25) is 5.43 Å². The summed E-state index contributed by atoms with van der Waals surface area (Å²) >= 11 is 1.82. The van der Waals surface area contributed by atoms with Gasteiger partial charge in [-0.1, -0.05) is 48.9 Å². The van der Waals surface area contributed by atoms with E-state index < -0.39 is 11.2 Å². The minimum Gasteiger partial charge on any atom is -0.502 e. The maximum absolute atomic E-state index is 13.8. The Bertz CT molecular complexity index is 1340. The average Bonchev–Trinajstić information content (AvgIpc) is 3.08. The van der Waals surface area contributed by atoms with Crippen molar-refractivity contribution in [2.75, 3.05) is 31.3 Å². The van der Waals surface area contributed by atoms with Gasteiger partial charge in [0, 0.05) is 35.5 Å². The third kappa shape index (κ3) is 4.32. The van der Waals surface area contributed by atoms with Crippen molar-refractivity contribution in [3.63, 3.8) is 0 Å². The number of aromatic hydroxyl groups is 1. The highest BCUT2D eigenvalue weighted by atomic mass is 32.2. The number of hydrogen-bond acceptors (Lipinski definition) is 6. The van der Waals surface area contributed by atoms with Crippen molar-refractivity contribution in [2.24, 2.45) is 0 Å². The van der Waals surface area contributed by atoms with E-state index in [4.69, 9.17) is 0 Å². The Hall–Kier alpha value is -3.23. The second-order valence-corrected chi connectivity index (χ2v) is 11.2. The van der Waals surface area contributed by atoms with Crippen LogP contribution in [0.4, 0.5) is 0 Å². The van der Waals surface area contributed by atoms with Crippen LogP contribution in [0.5, 0.6) is 5.75 Å². The Morgan fingerprint density at radius 2 is 1.70 bits per heavy atom. The molecule has 8 heteroatoms. The number of pyridine rings is 1. The molecule has 0 aliphatic carbocycles. The summed E-state index contributed by atoms with van der Waals surface area (Å²) in [7, 11) is 0. The number of benzene rings is 2. The molecule has 2 unspecified atom stereocenters. The van der Waals surface area contributed by atoms with Crippen LogP contribution < -0.4 is 10.4 Å². The topological polar surface area (TPSA) is 69.0 Å². The molecule has 1 amide bonds. The highest BCUT2D eigenvalue weighted by molar-refractivity contribution is 7.98. The molecule has 1 aromatic heterocycles. The van der Waals surface area contributed by atoms with Gasteiger partial charge in [-0.05, 0) is 55.6 Å². The summed E-state index contributed by atoms with van der Waals surface area (Å²) in [6.07, 6.45) is 5.24. The van der Waals surface area contributed by atoms with E-state index in [0.29, 0.717) is 6.67 Å². The van der Waals surface area contributed by atoms with Gasteiger partial charge in [0.25, 0.3) is 5.91 Å². The monoisotopic (exact) mass is 516 g/mol. The zero-order valence-corrected chi connectivity index (χ0v) is 21.9. The standard InChI is InChI=1S/C29H32N4O3S/c1-20(17-30-14-7-2-8-15-30)31-19-33(32-16-13-24(34)28(35)27(32)29(31)36)26-22-10-4-3-9-21(22)18-37-25-12-6-5-11-23(25)26/h3-6,9-13,16,20,26,35H,2,7-8,14-15,17-19H2,1H3. The number of likely N-dealkylation sites (tertiary alicyclic amines) is 1. The number of thioether (sulfide) groups is 1. The molecule has 2 aromatic carbocycles. The van der Waals surface area contributed by atoms with Crippen molar-refractivity contribution >= 4 is 17.7 Å². The Labute approximate surface area is 221 Å². The zero-order chi connectivity index (χ0) is 25.5. The molecule has 1 N–H and O–H groups in total. The van der Waals surface area contributed by atoms with Gasteiger partial charge >= 0.3 is 0 Å². The third-order valence-corrected chi connectivity index (χ3v) is 8.98. The van der Waals surface area contributed by atoms with E-state index in [1.54, 1.807) is 10.9 Å². The van der Waals surface area contributed by atoms with Gasteiger partial charge in [0.15, 0.2) is 11.4 Å². The molecule has 3 aromatic rings. The van der Waals surface area contributed by atoms with E-state index in [0.717, 1.165) is 31.0 Å². The number of piperidine rings is 1. The van der Waals surface area contributed by atoms with E-state index >= 15 is 0 Å². The van der Waals surface area contributed by atoms with Gasteiger partial charge in [-0.25, -0.2) is 0 Å². The van der Waals surface area contributed by atoms with Gasteiger partial charge in [0.05, 0.1) is 6.04 Å². The fraction of sp³-hybridized carbons (Fsp3) is 0.379. The Balaban J connectivity index is 1.48. The average molecular weight is 517 g/mol. The number of aromatic nitrogens is 1. The lowest BCUT2D eigenvalue weighted by Gasteiger charge is -2.46. The van der Waals surface area contributed by atoms with Gasteiger partial charge in [-0.15, -0.1) is 11.8 Å². The van der Waals surface area contributed by atoms with Crippen LogP contribution in [0.2, 0.25) is 0 Å².